The Morgan fingerprint density at radius 2 is 2.22 bits per heavy atom. The summed E-state index contributed by atoms with van der Waals surface area (Å²) in [4.78, 5) is 2.74. The Morgan fingerprint density at radius 1 is 1.44 bits per heavy atom. The summed E-state index contributed by atoms with van der Waals surface area (Å²) in [7, 11) is 0. The number of nitrogens with zero attached hydrogens (tertiary/aromatic N) is 1. The van der Waals surface area contributed by atoms with Crippen molar-refractivity contribution < 1.29 is 4.74 Å². The van der Waals surface area contributed by atoms with Gasteiger partial charge in [-0.05, 0) is 31.2 Å². The highest BCUT2D eigenvalue weighted by molar-refractivity contribution is 9.10. The highest BCUT2D eigenvalue weighted by Gasteiger charge is 2.05. The third-order valence-electron chi connectivity index (χ3n) is 2.39. The van der Waals surface area contributed by atoms with Gasteiger partial charge in [0.25, 0.3) is 0 Å². The van der Waals surface area contributed by atoms with Crippen molar-refractivity contribution in [2.75, 3.05) is 26.2 Å². The molecule has 0 aliphatic rings. The molecule has 0 aromatic heterocycles. The van der Waals surface area contributed by atoms with Gasteiger partial charge in [-0.25, -0.2) is 0 Å². The van der Waals surface area contributed by atoms with E-state index < -0.39 is 0 Å². The van der Waals surface area contributed by atoms with Crippen molar-refractivity contribution >= 4 is 33.1 Å². The van der Waals surface area contributed by atoms with E-state index in [1.54, 1.807) is 0 Å². The second-order valence-electron chi connectivity index (χ2n) is 4.05. The number of ether oxygens (including phenoxy) is 1. The Hall–Kier alpha value is -0.650. The van der Waals surface area contributed by atoms with E-state index in [1.165, 1.54) is 0 Å². The molecule has 0 heterocycles. The smallest absolute Gasteiger partial charge is 0.120 e. The standard InChI is InChI=1S/C13H19BrN2OS/c1-2-6-16(10-13(15)18)7-8-17-12-5-3-4-11(14)9-12/h3-5,9H,2,6-8,10H2,1H3,(H2,15,18). The van der Waals surface area contributed by atoms with Gasteiger partial charge >= 0.3 is 0 Å². The second kappa shape index (κ2) is 8.45. The molecule has 3 nitrogen and oxygen atoms in total. The van der Waals surface area contributed by atoms with Gasteiger partial charge in [-0.1, -0.05) is 41.1 Å². The molecule has 0 aliphatic heterocycles. The van der Waals surface area contributed by atoms with E-state index in [0.29, 0.717) is 18.1 Å². The normalized spacial score (nSPS) is 10.6. The van der Waals surface area contributed by atoms with Gasteiger partial charge in [0, 0.05) is 17.6 Å². The molecule has 0 radical (unpaired) electrons. The first-order chi connectivity index (χ1) is 8.61. The first-order valence-electron chi connectivity index (χ1n) is 6.01. The Labute approximate surface area is 122 Å². The number of halogens is 1. The molecular formula is C13H19BrN2OS. The molecule has 0 amide bonds. The molecule has 0 bridgehead atoms. The fourth-order valence-corrected chi connectivity index (χ4v) is 2.22. The molecule has 0 aliphatic carbocycles. The van der Waals surface area contributed by atoms with Gasteiger partial charge < -0.3 is 10.5 Å². The monoisotopic (exact) mass is 330 g/mol. The minimum atomic E-state index is 0.533. The van der Waals surface area contributed by atoms with E-state index in [1.807, 2.05) is 24.3 Å². The first kappa shape index (κ1) is 15.4. The maximum atomic E-state index is 5.69. The zero-order valence-corrected chi connectivity index (χ0v) is 13.0. The van der Waals surface area contributed by atoms with Gasteiger partial charge in [0.1, 0.15) is 12.4 Å². The largest absolute Gasteiger partial charge is 0.492 e. The van der Waals surface area contributed by atoms with Crippen molar-refractivity contribution in [2.45, 2.75) is 13.3 Å². The quantitative estimate of drug-likeness (QED) is 0.744. The third-order valence-corrected chi connectivity index (χ3v) is 3.01. The lowest BCUT2D eigenvalue weighted by Crippen LogP contribution is -2.36. The Bertz CT molecular complexity index is 387. The summed E-state index contributed by atoms with van der Waals surface area (Å²) in [5.41, 5.74) is 5.57. The molecule has 0 saturated carbocycles. The molecule has 18 heavy (non-hydrogen) atoms. The van der Waals surface area contributed by atoms with E-state index in [9.17, 15) is 0 Å². The third kappa shape index (κ3) is 6.33. The molecule has 0 saturated heterocycles. The molecule has 0 atom stereocenters. The van der Waals surface area contributed by atoms with Crippen molar-refractivity contribution in [3.8, 4) is 5.75 Å². The minimum absolute atomic E-state index is 0.533. The van der Waals surface area contributed by atoms with E-state index >= 15 is 0 Å². The number of hydrogen-bond acceptors (Lipinski definition) is 3. The molecule has 100 valence electrons. The average Bonchev–Trinajstić information content (AvgIpc) is 2.28. The molecular weight excluding hydrogens is 312 g/mol. The maximum absolute atomic E-state index is 5.69. The van der Waals surface area contributed by atoms with Gasteiger partial charge in [-0.15, -0.1) is 0 Å². The van der Waals surface area contributed by atoms with Crippen LogP contribution in [-0.4, -0.2) is 36.1 Å². The molecule has 2 N–H and O–H groups in total. The molecule has 0 fully saturated rings. The van der Waals surface area contributed by atoms with Crippen molar-refractivity contribution in [3.63, 3.8) is 0 Å². The number of nitrogens with two attached hydrogens (primary N) is 1. The summed E-state index contributed by atoms with van der Waals surface area (Å²) in [6.45, 7) is 5.25. The van der Waals surface area contributed by atoms with Crippen LogP contribution in [0.15, 0.2) is 28.7 Å². The van der Waals surface area contributed by atoms with Crippen molar-refractivity contribution in [3.05, 3.63) is 28.7 Å². The Kier molecular flexibility index (Phi) is 7.23. The average molecular weight is 331 g/mol. The lowest BCUT2D eigenvalue weighted by atomic mass is 10.3. The van der Waals surface area contributed by atoms with Crippen LogP contribution in [-0.2, 0) is 0 Å². The lowest BCUT2D eigenvalue weighted by Gasteiger charge is -2.20. The molecule has 1 rings (SSSR count). The van der Waals surface area contributed by atoms with Crippen LogP contribution in [0.4, 0.5) is 0 Å². The minimum Gasteiger partial charge on any atom is -0.492 e. The van der Waals surface area contributed by atoms with Crippen LogP contribution in [0.25, 0.3) is 0 Å². The van der Waals surface area contributed by atoms with Crippen LogP contribution in [0.3, 0.4) is 0 Å². The van der Waals surface area contributed by atoms with Crippen LogP contribution < -0.4 is 10.5 Å². The predicted octanol–water partition coefficient (Wildman–Crippen LogP) is 2.83. The van der Waals surface area contributed by atoms with Gasteiger partial charge in [0.05, 0.1) is 4.99 Å². The fraction of sp³-hybridized carbons (Fsp3) is 0.462. The highest BCUT2D eigenvalue weighted by atomic mass is 79.9. The molecule has 5 heteroatoms. The summed E-state index contributed by atoms with van der Waals surface area (Å²) < 4.78 is 6.71. The second-order valence-corrected chi connectivity index (χ2v) is 5.49. The number of benzene rings is 1. The topological polar surface area (TPSA) is 38.5 Å². The predicted molar refractivity (Wildman–Crippen MR) is 83.2 cm³/mol. The van der Waals surface area contributed by atoms with E-state index in [2.05, 4.69) is 27.8 Å². The number of rotatable bonds is 8. The summed E-state index contributed by atoms with van der Waals surface area (Å²) in [6, 6.07) is 7.83. The van der Waals surface area contributed by atoms with E-state index in [0.717, 1.165) is 29.7 Å². The molecule has 0 spiro atoms. The number of hydrogen-bond donors (Lipinski definition) is 1. The highest BCUT2D eigenvalue weighted by Crippen LogP contribution is 2.17. The van der Waals surface area contributed by atoms with Crippen LogP contribution in [0.2, 0.25) is 0 Å². The van der Waals surface area contributed by atoms with Gasteiger partial charge in [0.2, 0.25) is 0 Å². The summed E-state index contributed by atoms with van der Waals surface area (Å²) in [5, 5.41) is 0. The Balaban J connectivity index is 2.36. The van der Waals surface area contributed by atoms with E-state index in [-0.39, 0.29) is 0 Å². The van der Waals surface area contributed by atoms with Gasteiger partial charge in [0.15, 0.2) is 0 Å². The number of thiocarbonyl (C=S) groups is 1. The van der Waals surface area contributed by atoms with Crippen molar-refractivity contribution in [2.24, 2.45) is 5.73 Å². The van der Waals surface area contributed by atoms with Gasteiger partial charge in [-0.2, -0.15) is 0 Å². The Morgan fingerprint density at radius 3 is 2.83 bits per heavy atom. The lowest BCUT2D eigenvalue weighted by molar-refractivity contribution is 0.227. The SMILES string of the molecule is CCCN(CCOc1cccc(Br)c1)CC(N)=S. The summed E-state index contributed by atoms with van der Waals surface area (Å²) >= 11 is 8.35. The zero-order chi connectivity index (χ0) is 13.4. The maximum Gasteiger partial charge on any atom is 0.120 e. The van der Waals surface area contributed by atoms with E-state index in [4.69, 9.17) is 22.7 Å². The summed E-state index contributed by atoms with van der Waals surface area (Å²) in [5.74, 6) is 0.871. The molecule has 1 aromatic carbocycles. The summed E-state index contributed by atoms with van der Waals surface area (Å²) in [6.07, 6.45) is 1.08. The van der Waals surface area contributed by atoms with Crippen molar-refractivity contribution in [1.29, 1.82) is 0 Å². The van der Waals surface area contributed by atoms with Crippen molar-refractivity contribution in [1.82, 2.24) is 4.90 Å². The first-order valence-corrected chi connectivity index (χ1v) is 7.21. The fourth-order valence-electron chi connectivity index (χ4n) is 1.66. The van der Waals surface area contributed by atoms with Crippen LogP contribution in [0, 0.1) is 0 Å². The van der Waals surface area contributed by atoms with Crippen LogP contribution in [0.1, 0.15) is 13.3 Å². The van der Waals surface area contributed by atoms with Crippen LogP contribution >= 0.6 is 28.1 Å². The van der Waals surface area contributed by atoms with Gasteiger partial charge in [-0.3, -0.25) is 4.90 Å². The van der Waals surface area contributed by atoms with Crippen LogP contribution in [0.5, 0.6) is 5.75 Å². The molecule has 0 unspecified atom stereocenters. The zero-order valence-electron chi connectivity index (χ0n) is 10.6. The molecule has 1 aromatic rings.